The van der Waals surface area contributed by atoms with Crippen LogP contribution in [0.15, 0.2) is 29.2 Å². The van der Waals surface area contributed by atoms with E-state index in [9.17, 15) is 30.8 Å². The van der Waals surface area contributed by atoms with Crippen molar-refractivity contribution in [2.45, 2.75) is 18.7 Å². The first-order valence-corrected chi connectivity index (χ1v) is 11.7. The van der Waals surface area contributed by atoms with Gasteiger partial charge in [-0.25, -0.2) is 26.0 Å². The Morgan fingerprint density at radius 1 is 1.03 bits per heavy atom. The summed E-state index contributed by atoms with van der Waals surface area (Å²) >= 11 is 0. The molecule has 2 aromatic carbocycles. The summed E-state index contributed by atoms with van der Waals surface area (Å²) in [5.74, 6) is -9.01. The summed E-state index contributed by atoms with van der Waals surface area (Å²) in [6.07, 6.45) is 0. The van der Waals surface area contributed by atoms with E-state index in [0.29, 0.717) is 32.0 Å². The second kappa shape index (κ2) is 10.1. The van der Waals surface area contributed by atoms with Crippen LogP contribution < -0.4 is 10.2 Å². The fourth-order valence-corrected chi connectivity index (χ4v) is 4.98. The highest BCUT2D eigenvalue weighted by Gasteiger charge is 2.27. The van der Waals surface area contributed by atoms with Gasteiger partial charge in [-0.05, 0) is 24.3 Å². The van der Waals surface area contributed by atoms with Crippen LogP contribution in [0, 0.1) is 23.3 Å². The van der Waals surface area contributed by atoms with Crippen LogP contribution in [0.3, 0.4) is 0 Å². The molecule has 1 fully saturated rings. The Labute approximate surface area is 189 Å². The first-order chi connectivity index (χ1) is 15.6. The van der Waals surface area contributed by atoms with Gasteiger partial charge in [-0.3, -0.25) is 4.79 Å². The van der Waals surface area contributed by atoms with Crippen LogP contribution in [0.5, 0.6) is 0 Å². The number of sulfonamides is 1. The van der Waals surface area contributed by atoms with Crippen molar-refractivity contribution in [1.29, 1.82) is 0 Å². The molecule has 0 aliphatic carbocycles. The van der Waals surface area contributed by atoms with Crippen LogP contribution in [-0.2, 0) is 14.8 Å². The number of anilines is 2. The number of hydrogen-bond donors (Lipinski definition) is 1. The molecule has 0 bridgehead atoms. The Morgan fingerprint density at radius 2 is 1.67 bits per heavy atom. The lowest BCUT2D eigenvalue weighted by Crippen LogP contribution is -2.37. The minimum atomic E-state index is -3.90. The molecule has 1 saturated heterocycles. The standard InChI is InChI=1S/C21H23F4N3O4S/c1-3-28(4-2)33(30,31)13-5-6-17(27-7-9-32-10-8-27)16(11-13)26-21(29)14-12-15(22)19(24)20(25)18(14)23/h5-6,11-12H,3-4,7-10H2,1-2H3,(H,26,29). The maximum Gasteiger partial charge on any atom is 0.258 e. The molecule has 7 nitrogen and oxygen atoms in total. The molecule has 0 atom stereocenters. The van der Waals surface area contributed by atoms with E-state index < -0.39 is 44.8 Å². The largest absolute Gasteiger partial charge is 0.378 e. The smallest absolute Gasteiger partial charge is 0.258 e. The molecule has 12 heteroatoms. The number of amides is 1. The second-order valence-electron chi connectivity index (χ2n) is 7.17. The van der Waals surface area contributed by atoms with Crippen molar-refractivity contribution in [3.8, 4) is 0 Å². The molecule has 1 aliphatic heterocycles. The van der Waals surface area contributed by atoms with Crippen molar-refractivity contribution >= 4 is 27.3 Å². The maximum absolute atomic E-state index is 14.1. The maximum atomic E-state index is 14.1. The molecule has 0 unspecified atom stereocenters. The van der Waals surface area contributed by atoms with Gasteiger partial charge in [0.1, 0.15) is 0 Å². The lowest BCUT2D eigenvalue weighted by Gasteiger charge is -2.31. The summed E-state index contributed by atoms with van der Waals surface area (Å²) in [7, 11) is -3.90. The van der Waals surface area contributed by atoms with E-state index in [1.54, 1.807) is 13.8 Å². The van der Waals surface area contributed by atoms with Crippen molar-refractivity contribution < 1.29 is 35.5 Å². The van der Waals surface area contributed by atoms with Gasteiger partial charge in [0.05, 0.1) is 35.0 Å². The molecular weight excluding hydrogens is 466 g/mol. The van der Waals surface area contributed by atoms with E-state index in [1.165, 1.54) is 22.5 Å². The van der Waals surface area contributed by atoms with Gasteiger partial charge in [-0.15, -0.1) is 0 Å². The van der Waals surface area contributed by atoms with Gasteiger partial charge in [-0.1, -0.05) is 13.8 Å². The Morgan fingerprint density at radius 3 is 2.27 bits per heavy atom. The van der Waals surface area contributed by atoms with Crippen LogP contribution in [0.2, 0.25) is 0 Å². The number of hydrogen-bond acceptors (Lipinski definition) is 5. The molecule has 3 rings (SSSR count). The molecule has 1 N–H and O–H groups in total. The van der Waals surface area contributed by atoms with E-state index in [0.717, 1.165) is 0 Å². The fraction of sp³-hybridized carbons (Fsp3) is 0.381. The first kappa shape index (κ1) is 24.9. The highest BCUT2D eigenvalue weighted by atomic mass is 32.2. The Kier molecular flexibility index (Phi) is 7.60. The van der Waals surface area contributed by atoms with Gasteiger partial charge in [0.25, 0.3) is 5.91 Å². The average Bonchev–Trinajstić information content (AvgIpc) is 2.81. The highest BCUT2D eigenvalue weighted by molar-refractivity contribution is 7.89. The third-order valence-corrected chi connectivity index (χ3v) is 7.30. The summed E-state index contributed by atoms with van der Waals surface area (Å²) in [6.45, 7) is 5.40. The molecule has 1 heterocycles. The number of halogens is 4. The molecule has 180 valence electrons. The summed E-state index contributed by atoms with van der Waals surface area (Å²) in [4.78, 5) is 14.4. The van der Waals surface area contributed by atoms with Crippen LogP contribution in [0.4, 0.5) is 28.9 Å². The summed E-state index contributed by atoms with van der Waals surface area (Å²) in [5, 5.41) is 2.33. The minimum Gasteiger partial charge on any atom is -0.378 e. The van der Waals surface area contributed by atoms with Gasteiger partial charge >= 0.3 is 0 Å². The molecular formula is C21H23F4N3O4S. The number of rotatable bonds is 7. The number of carbonyl (C=O) groups excluding carboxylic acids is 1. The lowest BCUT2D eigenvalue weighted by molar-refractivity contribution is 0.102. The fourth-order valence-electron chi connectivity index (χ4n) is 3.50. The van der Waals surface area contributed by atoms with Gasteiger partial charge in [-0.2, -0.15) is 4.31 Å². The predicted octanol–water partition coefficient (Wildman–Crippen LogP) is 3.36. The normalized spacial score (nSPS) is 14.6. The summed E-state index contributed by atoms with van der Waals surface area (Å²) in [5.41, 5.74) is -0.662. The van der Waals surface area contributed by atoms with Gasteiger partial charge < -0.3 is 15.0 Å². The first-order valence-electron chi connectivity index (χ1n) is 10.2. The Balaban J connectivity index is 2.07. The zero-order chi connectivity index (χ0) is 24.3. The monoisotopic (exact) mass is 489 g/mol. The van der Waals surface area contributed by atoms with Gasteiger partial charge in [0, 0.05) is 26.2 Å². The topological polar surface area (TPSA) is 79.0 Å². The quantitative estimate of drug-likeness (QED) is 0.367. The number of benzene rings is 2. The van der Waals surface area contributed by atoms with Crippen LogP contribution in [-0.4, -0.2) is 58.0 Å². The molecule has 0 spiro atoms. The molecule has 33 heavy (non-hydrogen) atoms. The van der Waals surface area contributed by atoms with E-state index in [-0.39, 0.29) is 29.7 Å². The highest BCUT2D eigenvalue weighted by Crippen LogP contribution is 2.32. The van der Waals surface area contributed by atoms with E-state index in [4.69, 9.17) is 4.74 Å². The van der Waals surface area contributed by atoms with Crippen molar-refractivity contribution in [2.24, 2.45) is 0 Å². The van der Waals surface area contributed by atoms with E-state index >= 15 is 0 Å². The molecule has 1 amide bonds. The van der Waals surface area contributed by atoms with Gasteiger partial charge in [0.15, 0.2) is 23.3 Å². The lowest BCUT2D eigenvalue weighted by atomic mass is 10.1. The third kappa shape index (κ3) is 4.97. The zero-order valence-electron chi connectivity index (χ0n) is 18.0. The number of nitrogens with one attached hydrogen (secondary N) is 1. The molecule has 1 aliphatic rings. The summed E-state index contributed by atoms with van der Waals surface area (Å²) in [6, 6.07) is 4.31. The Hall–Kier alpha value is -2.70. The van der Waals surface area contributed by atoms with E-state index in [1.807, 2.05) is 4.90 Å². The van der Waals surface area contributed by atoms with E-state index in [2.05, 4.69) is 5.32 Å². The van der Waals surface area contributed by atoms with Crippen molar-refractivity contribution in [3.63, 3.8) is 0 Å². The number of carbonyl (C=O) groups is 1. The van der Waals surface area contributed by atoms with Crippen molar-refractivity contribution in [1.82, 2.24) is 4.31 Å². The molecule has 0 aromatic heterocycles. The zero-order valence-corrected chi connectivity index (χ0v) is 18.8. The average molecular weight is 489 g/mol. The predicted molar refractivity (Wildman–Crippen MR) is 114 cm³/mol. The SMILES string of the molecule is CCN(CC)S(=O)(=O)c1ccc(N2CCOCC2)c(NC(=O)c2cc(F)c(F)c(F)c2F)c1. The summed E-state index contributed by atoms with van der Waals surface area (Å²) < 4.78 is 87.1. The third-order valence-electron chi connectivity index (χ3n) is 5.26. The van der Waals surface area contributed by atoms with Crippen molar-refractivity contribution in [2.75, 3.05) is 49.6 Å². The van der Waals surface area contributed by atoms with Crippen molar-refractivity contribution in [3.05, 3.63) is 53.1 Å². The molecule has 0 saturated carbocycles. The van der Waals surface area contributed by atoms with Crippen LogP contribution in [0.25, 0.3) is 0 Å². The Bertz CT molecular complexity index is 1150. The van der Waals surface area contributed by atoms with Gasteiger partial charge in [0.2, 0.25) is 10.0 Å². The second-order valence-corrected chi connectivity index (χ2v) is 9.11. The molecule has 2 aromatic rings. The number of morpholine rings is 1. The molecule has 0 radical (unpaired) electrons. The van der Waals surface area contributed by atoms with Crippen LogP contribution >= 0.6 is 0 Å². The minimum absolute atomic E-state index is 0.0142. The number of ether oxygens (including phenoxy) is 1. The number of nitrogens with zero attached hydrogens (tertiary/aromatic N) is 2. The van der Waals surface area contributed by atoms with Crippen LogP contribution in [0.1, 0.15) is 24.2 Å².